The Bertz CT molecular complexity index is 936. The van der Waals surface area contributed by atoms with Crippen molar-refractivity contribution in [2.75, 3.05) is 18.5 Å². The van der Waals surface area contributed by atoms with E-state index < -0.39 is 24.3 Å². The predicted octanol–water partition coefficient (Wildman–Crippen LogP) is 3.97. The molecule has 2 aromatic rings. The Labute approximate surface area is 166 Å². The van der Waals surface area contributed by atoms with E-state index in [1.54, 1.807) is 30.3 Å². The SMILES string of the molecule is CCOc1ccc(/C=C(\C#N)C(=O)OCC(=O)Nc2cc(Cl)ccc2F)cc1. The van der Waals surface area contributed by atoms with Crippen molar-refractivity contribution >= 4 is 35.2 Å². The summed E-state index contributed by atoms with van der Waals surface area (Å²) in [4.78, 5) is 23.8. The maximum Gasteiger partial charge on any atom is 0.349 e. The minimum atomic E-state index is -0.974. The molecule has 0 heterocycles. The molecule has 2 rings (SSSR count). The molecule has 1 N–H and O–H groups in total. The van der Waals surface area contributed by atoms with Crippen LogP contribution in [0.25, 0.3) is 6.08 Å². The van der Waals surface area contributed by atoms with Crippen LogP contribution in [0.3, 0.4) is 0 Å². The summed E-state index contributed by atoms with van der Waals surface area (Å²) in [6.07, 6.45) is 1.33. The molecule has 0 radical (unpaired) electrons. The van der Waals surface area contributed by atoms with Crippen molar-refractivity contribution in [3.63, 3.8) is 0 Å². The second-order valence-electron chi connectivity index (χ2n) is 5.42. The number of rotatable bonds is 7. The number of nitrogens with one attached hydrogen (secondary N) is 1. The zero-order chi connectivity index (χ0) is 20.5. The van der Waals surface area contributed by atoms with Crippen molar-refractivity contribution in [2.24, 2.45) is 0 Å². The van der Waals surface area contributed by atoms with Gasteiger partial charge in [0.15, 0.2) is 6.61 Å². The zero-order valence-corrected chi connectivity index (χ0v) is 15.6. The first-order valence-electron chi connectivity index (χ1n) is 8.19. The lowest BCUT2D eigenvalue weighted by Crippen LogP contribution is -2.21. The summed E-state index contributed by atoms with van der Waals surface area (Å²) in [5.74, 6) is -1.77. The van der Waals surface area contributed by atoms with Crippen LogP contribution >= 0.6 is 11.6 Å². The van der Waals surface area contributed by atoms with Crippen molar-refractivity contribution in [3.05, 3.63) is 64.4 Å². The maximum absolute atomic E-state index is 13.6. The summed E-state index contributed by atoms with van der Waals surface area (Å²) in [5, 5.41) is 11.6. The molecule has 0 spiro atoms. The van der Waals surface area contributed by atoms with Gasteiger partial charge in [0.2, 0.25) is 0 Å². The Morgan fingerprint density at radius 2 is 1.96 bits per heavy atom. The number of ether oxygens (including phenoxy) is 2. The Morgan fingerprint density at radius 3 is 2.61 bits per heavy atom. The molecule has 0 aliphatic heterocycles. The highest BCUT2D eigenvalue weighted by Gasteiger charge is 2.14. The van der Waals surface area contributed by atoms with E-state index in [0.29, 0.717) is 17.9 Å². The molecule has 6 nitrogen and oxygen atoms in total. The van der Waals surface area contributed by atoms with Crippen LogP contribution in [0.2, 0.25) is 5.02 Å². The molecule has 8 heteroatoms. The third kappa shape index (κ3) is 6.11. The Morgan fingerprint density at radius 1 is 1.25 bits per heavy atom. The van der Waals surface area contributed by atoms with Crippen LogP contribution in [0.1, 0.15) is 12.5 Å². The Balaban J connectivity index is 1.97. The average molecular weight is 403 g/mol. The molecule has 0 aliphatic carbocycles. The number of amides is 1. The van der Waals surface area contributed by atoms with Gasteiger partial charge in [0, 0.05) is 5.02 Å². The summed E-state index contributed by atoms with van der Waals surface area (Å²) in [5.41, 5.74) is 0.160. The van der Waals surface area contributed by atoms with Gasteiger partial charge < -0.3 is 14.8 Å². The van der Waals surface area contributed by atoms with Gasteiger partial charge in [0.25, 0.3) is 5.91 Å². The average Bonchev–Trinajstić information content (AvgIpc) is 2.68. The van der Waals surface area contributed by atoms with E-state index in [1.165, 1.54) is 18.2 Å². The summed E-state index contributed by atoms with van der Waals surface area (Å²) < 4.78 is 23.7. The van der Waals surface area contributed by atoms with Gasteiger partial charge in [0.1, 0.15) is 23.2 Å². The predicted molar refractivity (Wildman–Crippen MR) is 102 cm³/mol. The third-order valence-electron chi connectivity index (χ3n) is 3.38. The van der Waals surface area contributed by atoms with Gasteiger partial charge in [0.05, 0.1) is 12.3 Å². The normalized spacial score (nSPS) is 10.7. The maximum atomic E-state index is 13.6. The van der Waals surface area contributed by atoms with Crippen LogP contribution in [0.4, 0.5) is 10.1 Å². The summed E-state index contributed by atoms with van der Waals surface area (Å²) in [6, 6.07) is 12.1. The standard InChI is InChI=1S/C20H16ClFN2O4/c1-2-27-16-6-3-13(4-7-16)9-14(11-23)20(26)28-12-19(25)24-18-10-15(21)5-8-17(18)22/h3-10H,2,12H2,1H3,(H,24,25)/b14-9+. The van der Waals surface area contributed by atoms with Gasteiger partial charge in [-0.1, -0.05) is 23.7 Å². The number of nitriles is 1. The van der Waals surface area contributed by atoms with E-state index in [9.17, 15) is 14.0 Å². The van der Waals surface area contributed by atoms with Crippen molar-refractivity contribution in [1.82, 2.24) is 0 Å². The van der Waals surface area contributed by atoms with Crippen molar-refractivity contribution < 1.29 is 23.5 Å². The summed E-state index contributed by atoms with van der Waals surface area (Å²) in [7, 11) is 0. The number of nitrogens with zero attached hydrogens (tertiary/aromatic N) is 1. The van der Waals surface area contributed by atoms with Gasteiger partial charge in [-0.05, 0) is 48.9 Å². The second-order valence-corrected chi connectivity index (χ2v) is 5.86. The van der Waals surface area contributed by atoms with Crippen LogP contribution < -0.4 is 10.1 Å². The second kappa shape index (κ2) is 10.1. The lowest BCUT2D eigenvalue weighted by atomic mass is 10.1. The highest BCUT2D eigenvalue weighted by Crippen LogP contribution is 2.19. The number of benzene rings is 2. The molecular formula is C20H16ClFN2O4. The first-order valence-corrected chi connectivity index (χ1v) is 8.57. The van der Waals surface area contributed by atoms with Gasteiger partial charge in [-0.15, -0.1) is 0 Å². The molecule has 28 heavy (non-hydrogen) atoms. The van der Waals surface area contributed by atoms with Crippen LogP contribution in [0, 0.1) is 17.1 Å². The minimum Gasteiger partial charge on any atom is -0.494 e. The molecule has 0 saturated heterocycles. The lowest BCUT2D eigenvalue weighted by Gasteiger charge is -2.07. The van der Waals surface area contributed by atoms with Crippen LogP contribution in [0.15, 0.2) is 48.0 Å². The topological polar surface area (TPSA) is 88.4 Å². The summed E-state index contributed by atoms with van der Waals surface area (Å²) >= 11 is 5.74. The highest BCUT2D eigenvalue weighted by atomic mass is 35.5. The fraction of sp³-hybridized carbons (Fsp3) is 0.150. The largest absolute Gasteiger partial charge is 0.494 e. The minimum absolute atomic E-state index is 0.140. The van der Waals surface area contributed by atoms with Gasteiger partial charge >= 0.3 is 5.97 Å². The zero-order valence-electron chi connectivity index (χ0n) is 14.9. The smallest absolute Gasteiger partial charge is 0.349 e. The molecule has 0 fully saturated rings. The van der Waals surface area contributed by atoms with Crippen molar-refractivity contribution in [3.8, 4) is 11.8 Å². The van der Waals surface area contributed by atoms with E-state index in [-0.39, 0.29) is 16.3 Å². The van der Waals surface area contributed by atoms with E-state index >= 15 is 0 Å². The van der Waals surface area contributed by atoms with Crippen molar-refractivity contribution in [2.45, 2.75) is 6.92 Å². The highest BCUT2D eigenvalue weighted by molar-refractivity contribution is 6.30. The quantitative estimate of drug-likeness (QED) is 0.430. The van der Waals surface area contributed by atoms with Gasteiger partial charge in [-0.3, -0.25) is 4.79 Å². The molecule has 0 aliphatic rings. The number of anilines is 1. The molecule has 1 amide bonds. The lowest BCUT2D eigenvalue weighted by molar-refractivity contribution is -0.142. The molecule has 0 atom stereocenters. The van der Waals surface area contributed by atoms with E-state index in [0.717, 1.165) is 6.07 Å². The van der Waals surface area contributed by atoms with Gasteiger partial charge in [-0.25, -0.2) is 9.18 Å². The Hall–Kier alpha value is -3.37. The number of carbonyl (C=O) groups is 2. The number of carbonyl (C=O) groups excluding carboxylic acids is 2. The third-order valence-corrected chi connectivity index (χ3v) is 3.61. The molecule has 0 bridgehead atoms. The van der Waals surface area contributed by atoms with E-state index in [2.05, 4.69) is 5.32 Å². The number of halogens is 2. The molecular weight excluding hydrogens is 387 g/mol. The summed E-state index contributed by atoms with van der Waals surface area (Å²) in [6.45, 7) is 1.69. The first kappa shape index (κ1) is 20.9. The van der Waals surface area contributed by atoms with Gasteiger partial charge in [-0.2, -0.15) is 5.26 Å². The first-order chi connectivity index (χ1) is 13.4. The van der Waals surface area contributed by atoms with E-state index in [1.807, 2.05) is 6.92 Å². The number of esters is 1. The molecule has 0 saturated carbocycles. The fourth-order valence-corrected chi connectivity index (χ4v) is 2.29. The van der Waals surface area contributed by atoms with Crippen molar-refractivity contribution in [1.29, 1.82) is 5.26 Å². The van der Waals surface area contributed by atoms with Crippen LogP contribution in [0.5, 0.6) is 5.75 Å². The van der Waals surface area contributed by atoms with E-state index in [4.69, 9.17) is 26.3 Å². The number of hydrogen-bond acceptors (Lipinski definition) is 5. The van der Waals surface area contributed by atoms with Crippen LogP contribution in [-0.4, -0.2) is 25.1 Å². The van der Waals surface area contributed by atoms with Crippen LogP contribution in [-0.2, 0) is 14.3 Å². The molecule has 144 valence electrons. The molecule has 0 unspecified atom stereocenters. The molecule has 2 aromatic carbocycles. The fourth-order valence-electron chi connectivity index (χ4n) is 2.12. The number of hydrogen-bond donors (Lipinski definition) is 1. The molecule has 0 aromatic heterocycles. The monoisotopic (exact) mass is 402 g/mol. The Kier molecular flexibility index (Phi) is 7.55.